The molecule has 3 rings (SSSR count). The fourth-order valence-corrected chi connectivity index (χ4v) is 2.45. The Labute approximate surface area is 136 Å². The van der Waals surface area contributed by atoms with E-state index in [0.29, 0.717) is 26.4 Å². The summed E-state index contributed by atoms with van der Waals surface area (Å²) in [7, 11) is 1.65. The van der Waals surface area contributed by atoms with Crippen molar-refractivity contribution in [1.29, 1.82) is 0 Å². The summed E-state index contributed by atoms with van der Waals surface area (Å²) in [5.41, 5.74) is 2.10. The number of rotatable bonds is 6. The number of anilines is 1. The molecule has 2 aromatic carbocycles. The van der Waals surface area contributed by atoms with Crippen LogP contribution < -0.4 is 24.3 Å². The number of benzene rings is 2. The van der Waals surface area contributed by atoms with E-state index in [1.165, 1.54) is 0 Å². The molecule has 5 nitrogen and oxygen atoms in total. The van der Waals surface area contributed by atoms with E-state index >= 15 is 0 Å². The van der Waals surface area contributed by atoms with Crippen LogP contribution in [0.15, 0.2) is 36.4 Å². The maximum atomic E-state index is 5.59. The molecule has 0 aliphatic carbocycles. The molecule has 23 heavy (non-hydrogen) atoms. The molecule has 122 valence electrons. The standard InChI is InChI=1S/C18H21NO4/c1-3-21-15-6-4-13(10-17(15)20-2)12-19-14-5-7-16-18(11-14)23-9-8-22-16/h4-7,10-11,19H,3,8-9,12H2,1-2H3. The highest BCUT2D eigenvalue weighted by Crippen LogP contribution is 2.33. The fraction of sp³-hybridized carbons (Fsp3) is 0.333. The summed E-state index contributed by atoms with van der Waals surface area (Å²) in [5, 5.41) is 3.38. The lowest BCUT2D eigenvalue weighted by molar-refractivity contribution is 0.171. The first-order valence-corrected chi connectivity index (χ1v) is 7.73. The van der Waals surface area contributed by atoms with Crippen LogP contribution in [-0.4, -0.2) is 26.9 Å². The van der Waals surface area contributed by atoms with Crippen LogP contribution in [0, 0.1) is 0 Å². The Morgan fingerprint density at radius 1 is 1.00 bits per heavy atom. The molecule has 1 aliphatic rings. The molecule has 0 bridgehead atoms. The van der Waals surface area contributed by atoms with Crippen LogP contribution in [0.3, 0.4) is 0 Å². The molecule has 0 radical (unpaired) electrons. The van der Waals surface area contributed by atoms with Crippen molar-refractivity contribution in [3.63, 3.8) is 0 Å². The molecule has 0 atom stereocenters. The van der Waals surface area contributed by atoms with E-state index in [4.69, 9.17) is 18.9 Å². The van der Waals surface area contributed by atoms with Gasteiger partial charge in [0.15, 0.2) is 23.0 Å². The lowest BCUT2D eigenvalue weighted by Gasteiger charge is -2.19. The van der Waals surface area contributed by atoms with Crippen LogP contribution in [0.25, 0.3) is 0 Å². The summed E-state index contributed by atoms with van der Waals surface area (Å²) >= 11 is 0. The molecule has 0 unspecified atom stereocenters. The molecular weight excluding hydrogens is 294 g/mol. The van der Waals surface area contributed by atoms with Crippen molar-refractivity contribution in [3.05, 3.63) is 42.0 Å². The average Bonchev–Trinajstić information content (AvgIpc) is 2.61. The Kier molecular flexibility index (Phi) is 4.76. The van der Waals surface area contributed by atoms with Gasteiger partial charge in [-0.2, -0.15) is 0 Å². The first-order chi connectivity index (χ1) is 11.3. The van der Waals surface area contributed by atoms with Crippen molar-refractivity contribution in [2.45, 2.75) is 13.5 Å². The van der Waals surface area contributed by atoms with Gasteiger partial charge in [0.05, 0.1) is 13.7 Å². The monoisotopic (exact) mass is 315 g/mol. The van der Waals surface area contributed by atoms with Gasteiger partial charge in [-0.1, -0.05) is 6.07 Å². The van der Waals surface area contributed by atoms with E-state index in [1.54, 1.807) is 7.11 Å². The van der Waals surface area contributed by atoms with E-state index in [-0.39, 0.29) is 0 Å². The molecule has 0 fully saturated rings. The van der Waals surface area contributed by atoms with Crippen molar-refractivity contribution in [2.75, 3.05) is 32.2 Å². The predicted molar refractivity (Wildman–Crippen MR) is 88.9 cm³/mol. The van der Waals surface area contributed by atoms with E-state index in [0.717, 1.165) is 34.2 Å². The van der Waals surface area contributed by atoms with Gasteiger partial charge >= 0.3 is 0 Å². The highest BCUT2D eigenvalue weighted by atomic mass is 16.6. The summed E-state index contributed by atoms with van der Waals surface area (Å²) < 4.78 is 22.0. The third-order valence-corrected chi connectivity index (χ3v) is 3.57. The van der Waals surface area contributed by atoms with E-state index in [2.05, 4.69) is 5.32 Å². The smallest absolute Gasteiger partial charge is 0.163 e. The second-order valence-electron chi connectivity index (χ2n) is 5.13. The molecule has 0 saturated heterocycles. The normalized spacial score (nSPS) is 12.6. The minimum absolute atomic E-state index is 0.590. The quantitative estimate of drug-likeness (QED) is 0.884. The molecule has 1 N–H and O–H groups in total. The van der Waals surface area contributed by atoms with Crippen LogP contribution >= 0.6 is 0 Å². The SMILES string of the molecule is CCOc1ccc(CNc2ccc3c(c2)OCCO3)cc1OC. The van der Waals surface area contributed by atoms with Crippen LogP contribution in [-0.2, 0) is 6.54 Å². The molecule has 0 amide bonds. The fourth-order valence-electron chi connectivity index (χ4n) is 2.45. The zero-order chi connectivity index (χ0) is 16.1. The highest BCUT2D eigenvalue weighted by molar-refractivity contribution is 5.55. The Balaban J connectivity index is 1.68. The largest absolute Gasteiger partial charge is 0.493 e. The van der Waals surface area contributed by atoms with Gasteiger partial charge in [-0.15, -0.1) is 0 Å². The topological polar surface area (TPSA) is 49.0 Å². The molecule has 1 heterocycles. The lowest BCUT2D eigenvalue weighted by atomic mass is 10.2. The van der Waals surface area contributed by atoms with Gasteiger partial charge in [0.1, 0.15) is 13.2 Å². The molecule has 1 aliphatic heterocycles. The van der Waals surface area contributed by atoms with Gasteiger partial charge in [-0.3, -0.25) is 0 Å². The highest BCUT2D eigenvalue weighted by Gasteiger charge is 2.11. The molecule has 0 spiro atoms. The maximum Gasteiger partial charge on any atom is 0.163 e. The molecule has 0 saturated carbocycles. The molecular formula is C18H21NO4. The number of hydrogen-bond donors (Lipinski definition) is 1. The zero-order valence-corrected chi connectivity index (χ0v) is 13.4. The first-order valence-electron chi connectivity index (χ1n) is 7.73. The summed E-state index contributed by atoms with van der Waals surface area (Å²) in [6.45, 7) is 4.45. The van der Waals surface area contributed by atoms with Gasteiger partial charge in [-0.05, 0) is 36.8 Å². The zero-order valence-electron chi connectivity index (χ0n) is 13.4. The molecule has 2 aromatic rings. The number of nitrogens with one attached hydrogen (secondary N) is 1. The third-order valence-electron chi connectivity index (χ3n) is 3.57. The van der Waals surface area contributed by atoms with E-state index in [9.17, 15) is 0 Å². The summed E-state index contributed by atoms with van der Waals surface area (Å²) in [6.07, 6.45) is 0. The van der Waals surface area contributed by atoms with Gasteiger partial charge in [0.25, 0.3) is 0 Å². The summed E-state index contributed by atoms with van der Waals surface area (Å²) in [4.78, 5) is 0. The molecule has 0 aromatic heterocycles. The summed E-state index contributed by atoms with van der Waals surface area (Å²) in [6, 6.07) is 11.8. The average molecular weight is 315 g/mol. The van der Waals surface area contributed by atoms with Crippen LogP contribution in [0.5, 0.6) is 23.0 Å². The van der Waals surface area contributed by atoms with Gasteiger partial charge < -0.3 is 24.3 Å². The minimum atomic E-state index is 0.590. The summed E-state index contributed by atoms with van der Waals surface area (Å²) in [5.74, 6) is 3.08. The van der Waals surface area contributed by atoms with Gasteiger partial charge in [-0.25, -0.2) is 0 Å². The Bertz CT molecular complexity index is 672. The van der Waals surface area contributed by atoms with E-state index < -0.39 is 0 Å². The third kappa shape index (κ3) is 3.62. The minimum Gasteiger partial charge on any atom is -0.493 e. The Hall–Kier alpha value is -2.56. The van der Waals surface area contributed by atoms with Crippen LogP contribution in [0.1, 0.15) is 12.5 Å². The van der Waals surface area contributed by atoms with Crippen LogP contribution in [0.4, 0.5) is 5.69 Å². The first kappa shape index (κ1) is 15.3. The number of hydrogen-bond acceptors (Lipinski definition) is 5. The van der Waals surface area contributed by atoms with Crippen molar-refractivity contribution < 1.29 is 18.9 Å². The van der Waals surface area contributed by atoms with Crippen LogP contribution in [0.2, 0.25) is 0 Å². The Morgan fingerprint density at radius 3 is 2.61 bits per heavy atom. The van der Waals surface area contributed by atoms with Crippen molar-refractivity contribution in [3.8, 4) is 23.0 Å². The number of methoxy groups -OCH3 is 1. The van der Waals surface area contributed by atoms with Gasteiger partial charge in [0.2, 0.25) is 0 Å². The predicted octanol–water partition coefficient (Wildman–Crippen LogP) is 3.48. The van der Waals surface area contributed by atoms with Crippen molar-refractivity contribution in [2.24, 2.45) is 0 Å². The maximum absolute atomic E-state index is 5.59. The second kappa shape index (κ2) is 7.13. The Morgan fingerprint density at radius 2 is 1.83 bits per heavy atom. The lowest BCUT2D eigenvalue weighted by Crippen LogP contribution is -2.15. The van der Waals surface area contributed by atoms with Gasteiger partial charge in [0, 0.05) is 18.3 Å². The number of fused-ring (bicyclic) bond motifs is 1. The number of ether oxygens (including phenoxy) is 4. The molecule has 5 heteroatoms. The van der Waals surface area contributed by atoms with Crippen molar-refractivity contribution >= 4 is 5.69 Å². The second-order valence-corrected chi connectivity index (χ2v) is 5.13. The van der Waals surface area contributed by atoms with Crippen molar-refractivity contribution in [1.82, 2.24) is 0 Å². The van der Waals surface area contributed by atoms with E-state index in [1.807, 2.05) is 43.3 Å².